The minimum atomic E-state index is 0.303. The minimum Gasteiger partial charge on any atom is -0.493 e. The number of hydrogen-bond acceptors (Lipinski definition) is 4. The maximum Gasteiger partial charge on any atom is 0.161 e. The molecule has 3 aliphatic rings. The van der Waals surface area contributed by atoms with Crippen LogP contribution >= 0.6 is 0 Å². The maximum atomic E-state index is 5.59. The van der Waals surface area contributed by atoms with Crippen molar-refractivity contribution in [2.45, 2.75) is 31.2 Å². The molecule has 5 atom stereocenters. The van der Waals surface area contributed by atoms with Gasteiger partial charge in [0.2, 0.25) is 0 Å². The fourth-order valence-corrected chi connectivity index (χ4v) is 6.38. The Morgan fingerprint density at radius 3 is 2.71 bits per heavy atom. The predicted molar refractivity (Wildman–Crippen MR) is 109 cm³/mol. The van der Waals surface area contributed by atoms with Crippen LogP contribution in [-0.4, -0.2) is 24.4 Å². The number of nitrogens with one attached hydrogen (secondary N) is 2. The molecule has 5 heteroatoms. The van der Waals surface area contributed by atoms with Gasteiger partial charge >= 0.3 is 0 Å². The molecule has 2 aliphatic carbocycles. The monoisotopic (exact) mass is 375 g/mol. The van der Waals surface area contributed by atoms with Crippen molar-refractivity contribution in [1.82, 2.24) is 10.2 Å². The smallest absolute Gasteiger partial charge is 0.161 e. The predicted octanol–water partition coefficient (Wildman–Crippen LogP) is 4.88. The molecule has 0 amide bonds. The number of H-pyrrole nitrogens is 1. The van der Waals surface area contributed by atoms with E-state index in [2.05, 4.69) is 39.8 Å². The summed E-state index contributed by atoms with van der Waals surface area (Å²) in [4.78, 5) is 0. The third-order valence-electron chi connectivity index (χ3n) is 7.44. The van der Waals surface area contributed by atoms with Gasteiger partial charge in [-0.25, -0.2) is 0 Å². The van der Waals surface area contributed by atoms with Crippen LogP contribution in [-0.2, 0) is 0 Å². The van der Waals surface area contributed by atoms with Crippen LogP contribution in [0.1, 0.15) is 42.3 Å². The largest absolute Gasteiger partial charge is 0.493 e. The second-order valence-corrected chi connectivity index (χ2v) is 8.53. The molecule has 2 fully saturated rings. The normalized spacial score (nSPS) is 30.0. The average molecular weight is 375 g/mol. The second kappa shape index (κ2) is 5.90. The van der Waals surface area contributed by atoms with E-state index in [1.165, 1.54) is 41.5 Å². The molecule has 2 aromatic carbocycles. The van der Waals surface area contributed by atoms with Gasteiger partial charge in [0.05, 0.1) is 32.0 Å². The molecule has 1 aliphatic heterocycles. The zero-order chi connectivity index (χ0) is 18.8. The maximum absolute atomic E-state index is 5.59. The standard InChI is InChI=1S/C23H25N3O2/c1-27-18-8-5-14(10-19(18)28-2)23-21-13-4-3-12(9-13)20(21)22-15-11-24-26-16(15)6-7-17(22)25-23/h5-8,10-13,20-21,23,25H,3-4,9H2,1-2H3,(H,24,26)/t12?,13?,20-,21+,23-/m0/s1. The number of ether oxygens (including phenoxy) is 2. The number of hydrogen-bond donors (Lipinski definition) is 2. The highest BCUT2D eigenvalue weighted by molar-refractivity contribution is 5.88. The number of methoxy groups -OCH3 is 2. The van der Waals surface area contributed by atoms with E-state index in [0.29, 0.717) is 17.9 Å². The molecule has 0 spiro atoms. The van der Waals surface area contributed by atoms with Crippen molar-refractivity contribution in [3.05, 3.63) is 47.7 Å². The SMILES string of the molecule is COc1ccc([C@@H]2Nc3ccc4[nH]ncc4c3[C@H]3C4CCC(C4)[C@@H]23)cc1OC. The summed E-state index contributed by atoms with van der Waals surface area (Å²) in [7, 11) is 3.40. The summed E-state index contributed by atoms with van der Waals surface area (Å²) in [5.41, 5.74) is 5.19. The van der Waals surface area contributed by atoms with Crippen LogP contribution in [0, 0.1) is 17.8 Å². The van der Waals surface area contributed by atoms with Gasteiger partial charge in [0.1, 0.15) is 0 Å². The summed E-state index contributed by atoms with van der Waals surface area (Å²) >= 11 is 0. The van der Waals surface area contributed by atoms with Gasteiger partial charge in [-0.1, -0.05) is 6.07 Å². The minimum absolute atomic E-state index is 0.303. The van der Waals surface area contributed by atoms with Crippen LogP contribution in [0.25, 0.3) is 10.9 Å². The highest BCUT2D eigenvalue weighted by atomic mass is 16.5. The number of benzene rings is 2. The van der Waals surface area contributed by atoms with Crippen molar-refractivity contribution in [3.8, 4) is 11.5 Å². The summed E-state index contributed by atoms with van der Waals surface area (Å²) in [5, 5.41) is 12.7. The molecule has 3 aromatic rings. The van der Waals surface area contributed by atoms with Crippen LogP contribution in [0.5, 0.6) is 11.5 Å². The number of aromatic amines is 1. The number of rotatable bonds is 3. The molecule has 0 saturated heterocycles. The highest BCUT2D eigenvalue weighted by Gasteiger charge is 2.54. The highest BCUT2D eigenvalue weighted by Crippen LogP contribution is 2.64. The van der Waals surface area contributed by atoms with Gasteiger partial charge in [0, 0.05) is 11.1 Å². The van der Waals surface area contributed by atoms with Gasteiger partial charge in [-0.05, 0) is 78.3 Å². The summed E-state index contributed by atoms with van der Waals surface area (Å²) in [6, 6.07) is 11.1. The Balaban J connectivity index is 1.51. The molecule has 1 aromatic heterocycles. The van der Waals surface area contributed by atoms with Crippen molar-refractivity contribution < 1.29 is 9.47 Å². The average Bonchev–Trinajstić information content (AvgIpc) is 3.48. The first-order chi connectivity index (χ1) is 13.8. The van der Waals surface area contributed by atoms with E-state index in [1.807, 2.05) is 12.3 Å². The number of nitrogens with zero attached hydrogens (tertiary/aromatic N) is 1. The van der Waals surface area contributed by atoms with Crippen molar-refractivity contribution in [2.75, 3.05) is 19.5 Å². The van der Waals surface area contributed by atoms with E-state index in [1.54, 1.807) is 14.2 Å². The second-order valence-electron chi connectivity index (χ2n) is 8.53. The summed E-state index contributed by atoms with van der Waals surface area (Å²) in [6.45, 7) is 0. The van der Waals surface area contributed by atoms with Crippen LogP contribution in [0.2, 0.25) is 0 Å². The Labute approximate surface area is 164 Å². The molecule has 2 bridgehead atoms. The first kappa shape index (κ1) is 16.3. The molecule has 6 rings (SSSR count). The lowest BCUT2D eigenvalue weighted by molar-refractivity contribution is 0.248. The van der Waals surface area contributed by atoms with Gasteiger partial charge in [-0.3, -0.25) is 5.10 Å². The first-order valence-corrected chi connectivity index (χ1v) is 10.2. The van der Waals surface area contributed by atoms with Crippen molar-refractivity contribution in [2.24, 2.45) is 17.8 Å². The topological polar surface area (TPSA) is 59.2 Å². The lowest BCUT2D eigenvalue weighted by atomic mass is 9.67. The van der Waals surface area contributed by atoms with Crippen LogP contribution < -0.4 is 14.8 Å². The summed E-state index contributed by atoms with van der Waals surface area (Å²) < 4.78 is 11.0. The Morgan fingerprint density at radius 2 is 1.86 bits per heavy atom. The third kappa shape index (κ3) is 2.10. The Morgan fingerprint density at radius 1 is 1.00 bits per heavy atom. The number of fused-ring (bicyclic) bond motifs is 9. The number of anilines is 1. The van der Waals surface area contributed by atoms with Gasteiger partial charge in [0.15, 0.2) is 11.5 Å². The number of aromatic nitrogens is 2. The zero-order valence-electron chi connectivity index (χ0n) is 16.2. The van der Waals surface area contributed by atoms with E-state index < -0.39 is 0 Å². The van der Waals surface area contributed by atoms with E-state index in [0.717, 1.165) is 28.9 Å². The molecule has 144 valence electrons. The molecular formula is C23H25N3O2. The van der Waals surface area contributed by atoms with Crippen LogP contribution in [0.3, 0.4) is 0 Å². The molecule has 2 N–H and O–H groups in total. The van der Waals surface area contributed by atoms with Crippen molar-refractivity contribution in [3.63, 3.8) is 0 Å². The van der Waals surface area contributed by atoms with E-state index in [9.17, 15) is 0 Å². The van der Waals surface area contributed by atoms with Gasteiger partial charge in [0.25, 0.3) is 0 Å². The van der Waals surface area contributed by atoms with E-state index >= 15 is 0 Å². The van der Waals surface area contributed by atoms with Gasteiger partial charge in [-0.15, -0.1) is 0 Å². The quantitative estimate of drug-likeness (QED) is 0.685. The summed E-state index contributed by atoms with van der Waals surface area (Å²) in [5.74, 6) is 4.39. The Bertz CT molecular complexity index is 1060. The molecule has 2 saturated carbocycles. The zero-order valence-corrected chi connectivity index (χ0v) is 16.2. The van der Waals surface area contributed by atoms with E-state index in [4.69, 9.17) is 9.47 Å². The fraction of sp³-hybridized carbons (Fsp3) is 0.435. The first-order valence-electron chi connectivity index (χ1n) is 10.2. The summed E-state index contributed by atoms with van der Waals surface area (Å²) in [6.07, 6.45) is 6.08. The van der Waals surface area contributed by atoms with E-state index in [-0.39, 0.29) is 0 Å². The van der Waals surface area contributed by atoms with Crippen molar-refractivity contribution >= 4 is 16.6 Å². The van der Waals surface area contributed by atoms with Crippen LogP contribution in [0.4, 0.5) is 5.69 Å². The van der Waals surface area contributed by atoms with Gasteiger partial charge in [-0.2, -0.15) is 5.10 Å². The van der Waals surface area contributed by atoms with Gasteiger partial charge < -0.3 is 14.8 Å². The molecular weight excluding hydrogens is 350 g/mol. The lowest BCUT2D eigenvalue weighted by Crippen LogP contribution is -2.35. The fourth-order valence-electron chi connectivity index (χ4n) is 6.38. The molecule has 5 nitrogen and oxygen atoms in total. The Kier molecular flexibility index (Phi) is 3.43. The lowest BCUT2D eigenvalue weighted by Gasteiger charge is -2.43. The molecule has 2 unspecified atom stereocenters. The molecule has 28 heavy (non-hydrogen) atoms. The molecule has 0 radical (unpaired) electrons. The van der Waals surface area contributed by atoms with Crippen molar-refractivity contribution in [1.29, 1.82) is 0 Å². The third-order valence-corrected chi connectivity index (χ3v) is 7.44. The molecule has 2 heterocycles. The Hall–Kier alpha value is -2.69. The van der Waals surface area contributed by atoms with Crippen LogP contribution in [0.15, 0.2) is 36.5 Å².